The zero-order chi connectivity index (χ0) is 24.7. The Balaban J connectivity index is 1.79. The first-order valence-electron chi connectivity index (χ1n) is 10.9. The van der Waals surface area contributed by atoms with Crippen LogP contribution in [-0.4, -0.2) is 38.3 Å². The van der Waals surface area contributed by atoms with Crippen molar-refractivity contribution >= 4 is 39.7 Å². The Morgan fingerprint density at radius 3 is 2.68 bits per heavy atom. The summed E-state index contributed by atoms with van der Waals surface area (Å²) in [5, 5.41) is 14.1. The van der Waals surface area contributed by atoms with Crippen molar-refractivity contribution in [1.82, 2.24) is 0 Å². The smallest absolute Gasteiger partial charge is 0.255 e. The van der Waals surface area contributed by atoms with E-state index >= 15 is 0 Å². The number of primary amides is 1. The van der Waals surface area contributed by atoms with Crippen molar-refractivity contribution in [2.75, 3.05) is 11.9 Å². The number of Topliss-reactive ketones (excluding diaryl/α,β-unsaturated/α-hetero) is 1. The summed E-state index contributed by atoms with van der Waals surface area (Å²) < 4.78 is 30.9. The molecule has 1 amide bonds. The molecular formula is C24H27N3O6S. The number of carbonyl (C=O) groups excluding carboxylic acids is 2. The fourth-order valence-corrected chi connectivity index (χ4v) is 5.50. The molecule has 0 spiro atoms. The van der Waals surface area contributed by atoms with E-state index in [0.29, 0.717) is 17.7 Å². The Kier molecular flexibility index (Phi) is 6.15. The number of hydrogen-bond donors (Lipinski definition) is 5. The van der Waals surface area contributed by atoms with Crippen LogP contribution in [0.25, 0.3) is 5.76 Å². The van der Waals surface area contributed by atoms with E-state index in [9.17, 15) is 23.8 Å². The van der Waals surface area contributed by atoms with Gasteiger partial charge in [-0.15, -0.1) is 4.40 Å². The number of amides is 1. The number of benzene rings is 2. The summed E-state index contributed by atoms with van der Waals surface area (Å²) >= 11 is 0. The second-order valence-electron chi connectivity index (χ2n) is 8.53. The van der Waals surface area contributed by atoms with Gasteiger partial charge in [0.05, 0.1) is 11.1 Å². The normalized spacial score (nSPS) is 21.6. The summed E-state index contributed by atoms with van der Waals surface area (Å²) in [4.78, 5) is 24.8. The van der Waals surface area contributed by atoms with Crippen LogP contribution in [-0.2, 0) is 15.0 Å². The Hall–Kier alpha value is -3.34. The number of carbonyl (C=O) groups is 2. The number of aliphatic hydroxyl groups is 1. The highest BCUT2D eigenvalue weighted by molar-refractivity contribution is 8.23. The van der Waals surface area contributed by atoms with E-state index in [2.05, 4.69) is 9.71 Å². The number of amidine groups is 1. The fraction of sp³-hybridized carbons (Fsp3) is 0.292. The lowest BCUT2D eigenvalue weighted by atomic mass is 9.67. The highest BCUT2D eigenvalue weighted by Crippen LogP contribution is 2.57. The molecule has 10 heteroatoms. The molecule has 6 N–H and O–H groups in total. The lowest BCUT2D eigenvalue weighted by Gasteiger charge is -2.38. The van der Waals surface area contributed by atoms with Crippen LogP contribution in [0.3, 0.4) is 0 Å². The first-order chi connectivity index (χ1) is 16.1. The lowest BCUT2D eigenvalue weighted by Crippen LogP contribution is -2.42. The molecule has 1 aliphatic carbocycles. The minimum atomic E-state index is -3.75. The maximum absolute atomic E-state index is 13.8. The molecule has 1 heterocycles. The van der Waals surface area contributed by atoms with Gasteiger partial charge in [0, 0.05) is 11.6 Å². The molecule has 0 bridgehead atoms. The number of nitrogens with two attached hydrogens (primary N) is 1. The van der Waals surface area contributed by atoms with E-state index < -0.39 is 22.1 Å². The summed E-state index contributed by atoms with van der Waals surface area (Å²) in [6.07, 6.45) is 2.26. The third-order valence-electron chi connectivity index (χ3n) is 6.11. The van der Waals surface area contributed by atoms with Gasteiger partial charge in [0.2, 0.25) is 0 Å². The van der Waals surface area contributed by atoms with E-state index in [1.807, 2.05) is 26.0 Å². The molecule has 180 valence electrons. The summed E-state index contributed by atoms with van der Waals surface area (Å²) in [6, 6.07) is 11.6. The molecule has 9 nitrogen and oxygen atoms in total. The first kappa shape index (κ1) is 23.8. The van der Waals surface area contributed by atoms with Crippen LogP contribution < -0.4 is 15.8 Å². The molecule has 0 fully saturated rings. The molecule has 2 aliphatic rings. The van der Waals surface area contributed by atoms with Gasteiger partial charge in [-0.1, -0.05) is 54.8 Å². The van der Waals surface area contributed by atoms with E-state index in [-0.39, 0.29) is 40.2 Å². The van der Waals surface area contributed by atoms with Crippen LogP contribution in [0.4, 0.5) is 5.69 Å². The molecule has 1 aliphatic heterocycles. The zero-order valence-corrected chi connectivity index (χ0v) is 19.7. The topological polar surface area (TPSA) is 154 Å². The number of hydrogen-bond acceptors (Lipinski definition) is 8. The van der Waals surface area contributed by atoms with Gasteiger partial charge in [-0.25, -0.2) is 0 Å². The number of aliphatic hydroxyl groups excluding tert-OH is 1. The number of unbranched alkanes of at least 4 members (excludes halogenated alkanes) is 1. The highest BCUT2D eigenvalue weighted by Gasteiger charge is 2.46. The number of ketones is 1. The summed E-state index contributed by atoms with van der Waals surface area (Å²) in [6.45, 7) is 3.51. The number of nitrogens with one attached hydrogen (secondary N) is 1. The van der Waals surface area contributed by atoms with Crippen LogP contribution in [0.15, 0.2) is 57.3 Å². The van der Waals surface area contributed by atoms with Crippen molar-refractivity contribution in [3.8, 4) is 5.75 Å². The standard InChI is InChI=1S/C24H27N3O6S/c1-3-4-11-24(2)16-8-6-5-7-15(16)21(29)20(22(24)30)23-26-17-10-9-14(33-13-19(25)28)12-18(17)34(31,32)27-23/h5-10,12,29,31-32H,3-4,11,13H2,1-2H3,(H2,25,28)(H,26,27). The van der Waals surface area contributed by atoms with Crippen molar-refractivity contribution in [2.24, 2.45) is 10.1 Å². The largest absolute Gasteiger partial charge is 0.506 e. The van der Waals surface area contributed by atoms with Gasteiger partial charge in [0.15, 0.2) is 18.2 Å². The number of anilines is 1. The number of ether oxygens (including phenoxy) is 1. The van der Waals surface area contributed by atoms with Gasteiger partial charge in [0.25, 0.3) is 5.91 Å². The van der Waals surface area contributed by atoms with Crippen molar-refractivity contribution in [3.05, 3.63) is 59.2 Å². The van der Waals surface area contributed by atoms with E-state index in [1.54, 1.807) is 12.1 Å². The van der Waals surface area contributed by atoms with E-state index in [1.165, 1.54) is 18.2 Å². The van der Waals surface area contributed by atoms with Gasteiger partial charge < -0.3 is 20.9 Å². The molecular weight excluding hydrogens is 458 g/mol. The Labute approximate surface area is 198 Å². The number of rotatable bonds is 7. The molecule has 2 aromatic rings. The monoisotopic (exact) mass is 485 g/mol. The Morgan fingerprint density at radius 2 is 1.97 bits per heavy atom. The summed E-state index contributed by atoms with van der Waals surface area (Å²) in [7, 11) is -3.75. The lowest BCUT2D eigenvalue weighted by molar-refractivity contribution is -0.120. The predicted octanol–water partition coefficient (Wildman–Crippen LogP) is 4.40. The molecule has 34 heavy (non-hydrogen) atoms. The van der Waals surface area contributed by atoms with Gasteiger partial charge in [-0.3, -0.25) is 18.7 Å². The third-order valence-corrected chi connectivity index (χ3v) is 7.47. The van der Waals surface area contributed by atoms with Crippen LogP contribution in [0.1, 0.15) is 44.2 Å². The second kappa shape index (κ2) is 8.79. The number of nitrogens with zero attached hydrogens (tertiary/aromatic N) is 1. The third kappa shape index (κ3) is 4.04. The molecule has 0 radical (unpaired) electrons. The van der Waals surface area contributed by atoms with Crippen LogP contribution in [0.2, 0.25) is 0 Å². The second-order valence-corrected chi connectivity index (χ2v) is 10.2. The molecule has 0 saturated heterocycles. The fourth-order valence-electron chi connectivity index (χ4n) is 4.32. The minimum Gasteiger partial charge on any atom is -0.506 e. The van der Waals surface area contributed by atoms with Crippen LogP contribution in [0, 0.1) is 0 Å². The van der Waals surface area contributed by atoms with Crippen molar-refractivity contribution < 1.29 is 28.5 Å². The van der Waals surface area contributed by atoms with Gasteiger partial charge in [-0.2, -0.15) is 0 Å². The molecule has 4 rings (SSSR count). The molecule has 0 saturated carbocycles. The van der Waals surface area contributed by atoms with Gasteiger partial charge >= 0.3 is 0 Å². The summed E-state index contributed by atoms with van der Waals surface area (Å²) in [5.41, 5.74) is 5.63. The maximum Gasteiger partial charge on any atom is 0.255 e. The average Bonchev–Trinajstić information content (AvgIpc) is 2.80. The van der Waals surface area contributed by atoms with Crippen molar-refractivity contribution in [1.29, 1.82) is 0 Å². The van der Waals surface area contributed by atoms with Crippen molar-refractivity contribution in [3.63, 3.8) is 0 Å². The summed E-state index contributed by atoms with van der Waals surface area (Å²) in [5.74, 6) is -1.19. The highest BCUT2D eigenvalue weighted by atomic mass is 32.3. The van der Waals surface area contributed by atoms with Crippen LogP contribution in [0.5, 0.6) is 5.75 Å². The number of fused-ring (bicyclic) bond motifs is 2. The maximum atomic E-state index is 13.8. The Bertz CT molecular complexity index is 1240. The minimum absolute atomic E-state index is 0.0377. The Morgan fingerprint density at radius 1 is 1.24 bits per heavy atom. The predicted molar refractivity (Wildman–Crippen MR) is 131 cm³/mol. The molecule has 2 aromatic carbocycles. The average molecular weight is 486 g/mol. The zero-order valence-electron chi connectivity index (χ0n) is 18.9. The van der Waals surface area contributed by atoms with Crippen molar-refractivity contribution in [2.45, 2.75) is 43.4 Å². The van der Waals surface area contributed by atoms with Crippen LogP contribution >= 0.6 is 10.8 Å². The van der Waals surface area contributed by atoms with Gasteiger partial charge in [0.1, 0.15) is 22.0 Å². The first-order valence-corrected chi connectivity index (χ1v) is 12.4. The molecule has 1 atom stereocenters. The van der Waals surface area contributed by atoms with Gasteiger partial charge in [-0.05, 0) is 31.0 Å². The molecule has 1 unspecified atom stereocenters. The van der Waals surface area contributed by atoms with E-state index in [4.69, 9.17) is 10.5 Å². The molecule has 0 aromatic heterocycles. The quantitative estimate of drug-likeness (QED) is 0.389. The van der Waals surface area contributed by atoms with E-state index in [0.717, 1.165) is 18.4 Å². The SMILES string of the molecule is CCCCC1(C)C(=O)C(C2=NS(O)(O)c3cc(OCC(N)=O)ccc3N2)=C(O)c2ccccc21.